The molecule has 0 bridgehead atoms. The summed E-state index contributed by atoms with van der Waals surface area (Å²) in [6.45, 7) is 5.51. The molecular formula is C15H28N2O4. The molecule has 6 heteroatoms. The molecule has 0 spiro atoms. The molecule has 1 aliphatic rings. The van der Waals surface area contributed by atoms with Gasteiger partial charge in [0.1, 0.15) is 5.54 Å². The number of carboxylic acid groups (broad SMARTS) is 1. The molecule has 0 aromatic rings. The zero-order chi connectivity index (χ0) is 15.7. The Morgan fingerprint density at radius 3 is 2.71 bits per heavy atom. The molecule has 0 aliphatic heterocycles. The number of rotatable bonds is 8. The lowest BCUT2D eigenvalue weighted by molar-refractivity contribution is -0.148. The van der Waals surface area contributed by atoms with Gasteiger partial charge in [0.25, 0.3) is 0 Å². The zero-order valence-electron chi connectivity index (χ0n) is 13.1. The van der Waals surface area contributed by atoms with Crippen LogP contribution in [0.5, 0.6) is 0 Å². The van der Waals surface area contributed by atoms with Gasteiger partial charge in [-0.3, -0.25) is 0 Å². The van der Waals surface area contributed by atoms with Crippen LogP contribution in [0.2, 0.25) is 0 Å². The Bertz CT molecular complexity index is 349. The number of urea groups is 1. The van der Waals surface area contributed by atoms with Crippen LogP contribution in [0.3, 0.4) is 0 Å². The molecule has 2 atom stereocenters. The number of amides is 2. The van der Waals surface area contributed by atoms with Crippen molar-refractivity contribution >= 4 is 12.0 Å². The summed E-state index contributed by atoms with van der Waals surface area (Å²) in [5.41, 5.74) is -1.13. The average molecular weight is 300 g/mol. The maximum absolute atomic E-state index is 11.9. The van der Waals surface area contributed by atoms with Crippen molar-refractivity contribution in [2.75, 3.05) is 19.8 Å². The number of carbonyl (C=O) groups is 2. The van der Waals surface area contributed by atoms with E-state index < -0.39 is 17.5 Å². The van der Waals surface area contributed by atoms with Crippen molar-refractivity contribution in [2.45, 2.75) is 57.9 Å². The highest BCUT2D eigenvalue weighted by Crippen LogP contribution is 2.33. The van der Waals surface area contributed by atoms with Crippen molar-refractivity contribution in [1.29, 1.82) is 0 Å². The summed E-state index contributed by atoms with van der Waals surface area (Å²) in [7, 11) is 0. The molecule has 0 radical (unpaired) electrons. The van der Waals surface area contributed by atoms with E-state index in [2.05, 4.69) is 17.6 Å². The number of unbranched alkanes of at least 4 members (excludes halogenated alkanes) is 1. The Labute approximate surface area is 126 Å². The number of hydrogen-bond donors (Lipinski definition) is 3. The van der Waals surface area contributed by atoms with Crippen molar-refractivity contribution in [3.8, 4) is 0 Å². The second kappa shape index (κ2) is 8.87. The number of aliphatic carboxylic acids is 1. The molecule has 0 aromatic heterocycles. The quantitative estimate of drug-likeness (QED) is 0.599. The molecule has 0 saturated heterocycles. The molecule has 6 nitrogen and oxygen atoms in total. The molecule has 2 unspecified atom stereocenters. The molecular weight excluding hydrogens is 272 g/mol. The lowest BCUT2D eigenvalue weighted by Gasteiger charge is -2.39. The van der Waals surface area contributed by atoms with Crippen LogP contribution < -0.4 is 10.6 Å². The first-order valence-corrected chi connectivity index (χ1v) is 7.90. The van der Waals surface area contributed by atoms with E-state index in [1.54, 1.807) is 0 Å². The predicted octanol–water partition coefficient (Wildman–Crippen LogP) is 2.14. The van der Waals surface area contributed by atoms with Gasteiger partial charge in [0.05, 0.1) is 6.61 Å². The van der Waals surface area contributed by atoms with Gasteiger partial charge in [0, 0.05) is 13.2 Å². The average Bonchev–Trinajstić information content (AvgIpc) is 2.45. The van der Waals surface area contributed by atoms with E-state index in [-0.39, 0.29) is 5.92 Å². The van der Waals surface area contributed by atoms with Gasteiger partial charge in [-0.2, -0.15) is 0 Å². The van der Waals surface area contributed by atoms with Gasteiger partial charge in [-0.25, -0.2) is 9.59 Å². The molecule has 1 aliphatic carbocycles. The number of carbonyl (C=O) groups excluding carboxylic acids is 1. The molecule has 0 heterocycles. The van der Waals surface area contributed by atoms with Crippen molar-refractivity contribution < 1.29 is 19.4 Å². The fourth-order valence-corrected chi connectivity index (χ4v) is 2.74. The van der Waals surface area contributed by atoms with Gasteiger partial charge in [-0.05, 0) is 25.2 Å². The van der Waals surface area contributed by atoms with E-state index in [1.165, 1.54) is 0 Å². The minimum absolute atomic E-state index is 0.0599. The highest BCUT2D eigenvalue weighted by Gasteiger charge is 2.46. The Kier molecular flexibility index (Phi) is 7.50. The summed E-state index contributed by atoms with van der Waals surface area (Å²) >= 11 is 0. The maximum Gasteiger partial charge on any atom is 0.329 e. The van der Waals surface area contributed by atoms with Gasteiger partial charge in [-0.15, -0.1) is 0 Å². The molecule has 1 rings (SSSR count). The monoisotopic (exact) mass is 300 g/mol. The second-order valence-electron chi connectivity index (χ2n) is 5.77. The molecule has 1 saturated carbocycles. The number of nitrogens with one attached hydrogen (secondary N) is 2. The van der Waals surface area contributed by atoms with Crippen molar-refractivity contribution in [3.05, 3.63) is 0 Å². The zero-order valence-corrected chi connectivity index (χ0v) is 13.1. The van der Waals surface area contributed by atoms with E-state index in [9.17, 15) is 14.7 Å². The van der Waals surface area contributed by atoms with Crippen LogP contribution in [0.1, 0.15) is 52.4 Å². The smallest absolute Gasteiger partial charge is 0.329 e. The molecule has 0 aromatic carbocycles. The SMILES string of the molecule is CCCCOCCNC(=O)NC1(C(=O)O)CCCCC1C. The lowest BCUT2D eigenvalue weighted by Crippen LogP contribution is -2.62. The minimum atomic E-state index is -1.13. The van der Waals surface area contributed by atoms with E-state index in [4.69, 9.17) is 4.74 Å². The third kappa shape index (κ3) is 5.19. The van der Waals surface area contributed by atoms with Gasteiger partial charge in [0.15, 0.2) is 0 Å². The van der Waals surface area contributed by atoms with Crippen LogP contribution >= 0.6 is 0 Å². The summed E-state index contributed by atoms with van der Waals surface area (Å²) in [6.07, 6.45) is 5.25. The normalized spacial score (nSPS) is 25.3. The van der Waals surface area contributed by atoms with E-state index in [0.717, 1.165) is 32.1 Å². The van der Waals surface area contributed by atoms with E-state index in [0.29, 0.717) is 26.2 Å². The fraction of sp³-hybridized carbons (Fsp3) is 0.867. The molecule has 122 valence electrons. The molecule has 3 N–H and O–H groups in total. The highest BCUT2D eigenvalue weighted by atomic mass is 16.5. The van der Waals surface area contributed by atoms with Gasteiger partial charge < -0.3 is 20.5 Å². The minimum Gasteiger partial charge on any atom is -0.479 e. The Morgan fingerprint density at radius 2 is 2.10 bits per heavy atom. The maximum atomic E-state index is 11.9. The number of carboxylic acids is 1. The van der Waals surface area contributed by atoms with Crippen molar-refractivity contribution in [2.24, 2.45) is 5.92 Å². The third-order valence-electron chi connectivity index (χ3n) is 4.19. The van der Waals surface area contributed by atoms with E-state index in [1.807, 2.05) is 6.92 Å². The first-order valence-electron chi connectivity index (χ1n) is 7.90. The lowest BCUT2D eigenvalue weighted by atomic mass is 9.73. The van der Waals surface area contributed by atoms with Crippen molar-refractivity contribution in [3.63, 3.8) is 0 Å². The Hall–Kier alpha value is -1.30. The number of hydrogen-bond acceptors (Lipinski definition) is 3. The van der Waals surface area contributed by atoms with Gasteiger partial charge in [-0.1, -0.05) is 33.1 Å². The second-order valence-corrected chi connectivity index (χ2v) is 5.77. The summed E-state index contributed by atoms with van der Waals surface area (Å²) in [6, 6.07) is -0.426. The predicted molar refractivity (Wildman–Crippen MR) is 80.3 cm³/mol. The topological polar surface area (TPSA) is 87.7 Å². The Morgan fingerprint density at radius 1 is 1.33 bits per heavy atom. The molecule has 1 fully saturated rings. The summed E-state index contributed by atoms with van der Waals surface area (Å²) in [4.78, 5) is 23.5. The van der Waals surface area contributed by atoms with Crippen LogP contribution in [0, 0.1) is 5.92 Å². The highest BCUT2D eigenvalue weighted by molar-refractivity contribution is 5.86. The summed E-state index contributed by atoms with van der Waals surface area (Å²) < 4.78 is 5.35. The van der Waals surface area contributed by atoms with Gasteiger partial charge >= 0.3 is 12.0 Å². The van der Waals surface area contributed by atoms with Crippen LogP contribution in [-0.4, -0.2) is 42.4 Å². The van der Waals surface area contributed by atoms with E-state index >= 15 is 0 Å². The molecule has 2 amide bonds. The van der Waals surface area contributed by atoms with Crippen molar-refractivity contribution in [1.82, 2.24) is 10.6 Å². The van der Waals surface area contributed by atoms with Gasteiger partial charge in [0.2, 0.25) is 0 Å². The summed E-state index contributed by atoms with van der Waals surface area (Å²) in [5, 5.41) is 14.9. The largest absolute Gasteiger partial charge is 0.479 e. The van der Waals surface area contributed by atoms with Crippen LogP contribution in [0.25, 0.3) is 0 Å². The van der Waals surface area contributed by atoms with Crippen LogP contribution in [-0.2, 0) is 9.53 Å². The third-order valence-corrected chi connectivity index (χ3v) is 4.19. The molecule has 21 heavy (non-hydrogen) atoms. The van der Waals surface area contributed by atoms with Crippen LogP contribution in [0.4, 0.5) is 4.79 Å². The first-order chi connectivity index (χ1) is 10.0. The standard InChI is InChI=1S/C15H28N2O4/c1-3-4-10-21-11-9-16-14(20)17-15(13(18)19)8-6-5-7-12(15)2/h12H,3-11H2,1-2H3,(H,18,19)(H2,16,17,20). The fourth-order valence-electron chi connectivity index (χ4n) is 2.74. The Balaban J connectivity index is 2.38. The first kappa shape index (κ1) is 17.8. The summed E-state index contributed by atoms with van der Waals surface area (Å²) in [5.74, 6) is -1.00. The number of ether oxygens (including phenoxy) is 1. The van der Waals surface area contributed by atoms with Crippen LogP contribution in [0.15, 0.2) is 0 Å².